The minimum absolute atomic E-state index is 0.0482. The maximum absolute atomic E-state index is 12.9. The molecule has 0 spiro atoms. The van der Waals surface area contributed by atoms with Crippen LogP contribution < -0.4 is 0 Å². The van der Waals surface area contributed by atoms with Gasteiger partial charge in [-0.1, -0.05) is 23.2 Å². The fraction of sp³-hybridized carbons (Fsp3) is 0.182. The number of aromatic nitrogens is 2. The van der Waals surface area contributed by atoms with Gasteiger partial charge in [0.05, 0.1) is 16.6 Å². The highest BCUT2D eigenvalue weighted by atomic mass is 35.5. The first-order chi connectivity index (χ1) is 13.9. The quantitative estimate of drug-likeness (QED) is 0.417. The van der Waals surface area contributed by atoms with Gasteiger partial charge in [-0.25, -0.2) is 0 Å². The standard InChI is InChI=1S/C22H19ClN4O2/c1-4-27-19-8-6-14(23)11-17(19)20(22(27)29)25-26-21(28)16-10-13(3)24-18-7-5-12(2)9-15(16)18/h5-11,29H,4H2,1-3H3. The second-order valence-electron chi connectivity index (χ2n) is 6.91. The molecule has 4 rings (SSSR count). The lowest BCUT2D eigenvalue weighted by Crippen LogP contribution is -1.99. The van der Waals surface area contributed by atoms with E-state index in [0.717, 1.165) is 27.7 Å². The van der Waals surface area contributed by atoms with Crippen LogP contribution >= 0.6 is 11.6 Å². The Labute approximate surface area is 172 Å². The molecular formula is C22H19ClN4O2. The number of carbonyl (C=O) groups excluding carboxylic acids is 1. The van der Waals surface area contributed by atoms with Crippen LogP contribution in [0.2, 0.25) is 5.02 Å². The summed E-state index contributed by atoms with van der Waals surface area (Å²) in [5.74, 6) is -0.544. The molecule has 0 unspecified atom stereocenters. The Bertz CT molecular complexity index is 1310. The molecule has 4 aromatic rings. The zero-order chi connectivity index (χ0) is 20.7. The van der Waals surface area contributed by atoms with Gasteiger partial charge in [0, 0.05) is 28.0 Å². The average molecular weight is 407 g/mol. The van der Waals surface area contributed by atoms with Crippen molar-refractivity contribution in [3.63, 3.8) is 0 Å². The van der Waals surface area contributed by atoms with Crippen molar-refractivity contribution >= 4 is 45.0 Å². The Balaban J connectivity index is 1.83. The van der Waals surface area contributed by atoms with Gasteiger partial charge >= 0.3 is 0 Å². The fourth-order valence-electron chi connectivity index (χ4n) is 3.51. The summed E-state index contributed by atoms with van der Waals surface area (Å²) in [6, 6.07) is 12.7. The molecule has 0 radical (unpaired) electrons. The molecule has 0 aliphatic heterocycles. The van der Waals surface area contributed by atoms with Crippen molar-refractivity contribution in [2.45, 2.75) is 27.3 Å². The SMILES string of the molecule is CCn1c(O)c(N=NC(=O)c2cc(C)nc3ccc(C)cc23)c2cc(Cl)ccc21. The van der Waals surface area contributed by atoms with Crippen molar-refractivity contribution < 1.29 is 9.90 Å². The van der Waals surface area contributed by atoms with Crippen molar-refractivity contribution in [1.29, 1.82) is 0 Å². The minimum atomic E-state index is -0.495. The van der Waals surface area contributed by atoms with Crippen LogP contribution in [0.15, 0.2) is 52.7 Å². The Kier molecular flexibility index (Phi) is 4.80. The molecule has 7 heteroatoms. The van der Waals surface area contributed by atoms with Crippen LogP contribution in [0.3, 0.4) is 0 Å². The number of carbonyl (C=O) groups is 1. The number of hydrogen-bond donors (Lipinski definition) is 1. The third-order valence-electron chi connectivity index (χ3n) is 4.85. The summed E-state index contributed by atoms with van der Waals surface area (Å²) in [5.41, 5.74) is 3.90. The summed E-state index contributed by atoms with van der Waals surface area (Å²) < 4.78 is 1.69. The number of rotatable bonds is 3. The van der Waals surface area contributed by atoms with Gasteiger partial charge in [0.2, 0.25) is 5.88 Å². The maximum Gasteiger partial charge on any atom is 0.296 e. The van der Waals surface area contributed by atoms with Gasteiger partial charge in [0.1, 0.15) is 0 Å². The normalized spacial score (nSPS) is 11.7. The molecule has 0 aliphatic carbocycles. The summed E-state index contributed by atoms with van der Waals surface area (Å²) in [4.78, 5) is 17.4. The van der Waals surface area contributed by atoms with Gasteiger partial charge < -0.3 is 9.67 Å². The van der Waals surface area contributed by atoms with Crippen LogP contribution in [0.5, 0.6) is 5.88 Å². The molecule has 6 nitrogen and oxygen atoms in total. The molecule has 0 aliphatic rings. The van der Waals surface area contributed by atoms with Crippen molar-refractivity contribution in [2.75, 3.05) is 0 Å². The smallest absolute Gasteiger partial charge is 0.296 e. The molecule has 2 aromatic carbocycles. The molecule has 2 aromatic heterocycles. The second-order valence-corrected chi connectivity index (χ2v) is 7.35. The minimum Gasteiger partial charge on any atom is -0.493 e. The number of amides is 1. The Morgan fingerprint density at radius 1 is 1.14 bits per heavy atom. The first-order valence-electron chi connectivity index (χ1n) is 9.24. The Morgan fingerprint density at radius 3 is 2.69 bits per heavy atom. The van der Waals surface area contributed by atoms with Crippen molar-refractivity contribution in [3.05, 3.63) is 64.3 Å². The van der Waals surface area contributed by atoms with Crippen LogP contribution in [0, 0.1) is 13.8 Å². The molecule has 1 N–H and O–H groups in total. The van der Waals surface area contributed by atoms with Gasteiger partial charge in [0.25, 0.3) is 5.91 Å². The van der Waals surface area contributed by atoms with E-state index in [4.69, 9.17) is 11.6 Å². The van der Waals surface area contributed by atoms with Gasteiger partial charge in [-0.05, 0) is 57.2 Å². The lowest BCUT2D eigenvalue weighted by atomic mass is 10.1. The highest BCUT2D eigenvalue weighted by Crippen LogP contribution is 2.40. The van der Waals surface area contributed by atoms with Crippen LogP contribution in [-0.4, -0.2) is 20.6 Å². The van der Waals surface area contributed by atoms with Gasteiger partial charge in [-0.15, -0.1) is 10.2 Å². The van der Waals surface area contributed by atoms with Crippen LogP contribution in [0.1, 0.15) is 28.5 Å². The molecular weight excluding hydrogens is 388 g/mol. The third kappa shape index (κ3) is 3.36. The molecule has 2 heterocycles. The van der Waals surface area contributed by atoms with E-state index in [9.17, 15) is 9.90 Å². The Morgan fingerprint density at radius 2 is 1.93 bits per heavy atom. The van der Waals surface area contributed by atoms with Gasteiger partial charge in [0.15, 0.2) is 5.69 Å². The van der Waals surface area contributed by atoms with E-state index in [-0.39, 0.29) is 11.6 Å². The van der Waals surface area contributed by atoms with E-state index >= 15 is 0 Å². The highest BCUT2D eigenvalue weighted by molar-refractivity contribution is 6.31. The number of pyridine rings is 1. The number of benzene rings is 2. The lowest BCUT2D eigenvalue weighted by molar-refractivity contribution is 0.0996. The number of nitrogens with zero attached hydrogens (tertiary/aromatic N) is 4. The van der Waals surface area contributed by atoms with E-state index in [1.807, 2.05) is 45.0 Å². The number of halogens is 1. The molecule has 0 saturated carbocycles. The third-order valence-corrected chi connectivity index (χ3v) is 5.09. The van der Waals surface area contributed by atoms with Crippen LogP contribution in [-0.2, 0) is 6.54 Å². The van der Waals surface area contributed by atoms with Crippen molar-refractivity contribution in [1.82, 2.24) is 9.55 Å². The van der Waals surface area contributed by atoms with E-state index in [2.05, 4.69) is 15.2 Å². The predicted octanol–water partition coefficient (Wildman–Crippen LogP) is 6.11. The lowest BCUT2D eigenvalue weighted by Gasteiger charge is -2.05. The molecule has 146 valence electrons. The molecule has 0 bridgehead atoms. The summed E-state index contributed by atoms with van der Waals surface area (Å²) in [6.45, 7) is 6.24. The summed E-state index contributed by atoms with van der Waals surface area (Å²) in [7, 11) is 0. The average Bonchev–Trinajstić information content (AvgIpc) is 2.95. The van der Waals surface area contributed by atoms with E-state index in [1.54, 1.807) is 22.8 Å². The largest absolute Gasteiger partial charge is 0.493 e. The predicted molar refractivity (Wildman–Crippen MR) is 114 cm³/mol. The number of aryl methyl sites for hydroxylation is 3. The number of azo groups is 1. The number of hydrogen-bond acceptors (Lipinski definition) is 4. The van der Waals surface area contributed by atoms with Gasteiger partial charge in [-0.2, -0.15) is 0 Å². The Hall–Kier alpha value is -3.25. The molecule has 0 fully saturated rings. The summed E-state index contributed by atoms with van der Waals surface area (Å²) in [6.07, 6.45) is 0. The van der Waals surface area contributed by atoms with E-state index in [1.165, 1.54) is 0 Å². The molecule has 0 atom stereocenters. The second kappa shape index (κ2) is 7.29. The highest BCUT2D eigenvalue weighted by Gasteiger charge is 2.17. The van der Waals surface area contributed by atoms with Crippen LogP contribution in [0.25, 0.3) is 21.8 Å². The summed E-state index contributed by atoms with van der Waals surface area (Å²) >= 11 is 6.11. The number of aromatic hydroxyl groups is 1. The fourth-order valence-corrected chi connectivity index (χ4v) is 3.68. The first kappa shape index (κ1) is 19.1. The van der Waals surface area contributed by atoms with E-state index in [0.29, 0.717) is 22.5 Å². The monoisotopic (exact) mass is 406 g/mol. The van der Waals surface area contributed by atoms with Crippen molar-refractivity contribution in [3.8, 4) is 5.88 Å². The number of fused-ring (bicyclic) bond motifs is 2. The van der Waals surface area contributed by atoms with Crippen molar-refractivity contribution in [2.24, 2.45) is 10.2 Å². The zero-order valence-electron chi connectivity index (χ0n) is 16.3. The zero-order valence-corrected chi connectivity index (χ0v) is 17.0. The molecule has 1 amide bonds. The van der Waals surface area contributed by atoms with Gasteiger partial charge in [-0.3, -0.25) is 9.78 Å². The first-order valence-corrected chi connectivity index (χ1v) is 9.61. The summed E-state index contributed by atoms with van der Waals surface area (Å²) in [5, 5.41) is 20.5. The van der Waals surface area contributed by atoms with E-state index < -0.39 is 5.91 Å². The molecule has 0 saturated heterocycles. The van der Waals surface area contributed by atoms with Crippen LogP contribution in [0.4, 0.5) is 5.69 Å². The molecule has 29 heavy (non-hydrogen) atoms. The maximum atomic E-state index is 12.9. The topological polar surface area (TPSA) is 79.8 Å².